The third-order valence-corrected chi connectivity index (χ3v) is 8.11. The van der Waals surface area contributed by atoms with Gasteiger partial charge in [0.15, 0.2) is 0 Å². The largest absolute Gasteiger partial charge is 0.373 e. The molecule has 0 unspecified atom stereocenters. The van der Waals surface area contributed by atoms with E-state index in [2.05, 4.69) is 61.3 Å². The van der Waals surface area contributed by atoms with Crippen LogP contribution in [0.2, 0.25) is 0 Å². The van der Waals surface area contributed by atoms with Gasteiger partial charge in [0, 0.05) is 35.6 Å². The van der Waals surface area contributed by atoms with Crippen LogP contribution in [0.3, 0.4) is 0 Å². The summed E-state index contributed by atoms with van der Waals surface area (Å²) in [5, 5.41) is 4.31. The normalized spacial score (nSPS) is 15.4. The van der Waals surface area contributed by atoms with Gasteiger partial charge in [-0.15, -0.1) is 0 Å². The third-order valence-electron chi connectivity index (χ3n) is 8.11. The molecule has 2 heterocycles. The number of amides is 1. The quantitative estimate of drug-likeness (QED) is 0.235. The highest BCUT2D eigenvalue weighted by molar-refractivity contribution is 5.92. The zero-order chi connectivity index (χ0) is 27.9. The Kier molecular flexibility index (Phi) is 9.25. The number of likely N-dealkylation sites (tertiary alicyclic amines) is 1. The predicted octanol–water partition coefficient (Wildman–Crippen LogP) is 7.10. The van der Waals surface area contributed by atoms with E-state index in [1.54, 1.807) is 0 Å². The fraction of sp³-hybridized carbons (Fsp3) is 0.371. The molecule has 208 valence electrons. The Morgan fingerprint density at radius 3 is 2.25 bits per heavy atom. The number of para-hydroxylation sites is 1. The monoisotopic (exact) mass is 535 g/mol. The van der Waals surface area contributed by atoms with E-state index in [0.29, 0.717) is 12.6 Å². The van der Waals surface area contributed by atoms with Gasteiger partial charge in [-0.25, -0.2) is 4.98 Å². The van der Waals surface area contributed by atoms with Gasteiger partial charge in [-0.05, 0) is 50.3 Å². The van der Waals surface area contributed by atoms with E-state index >= 15 is 0 Å². The lowest BCUT2D eigenvalue weighted by Gasteiger charge is -2.34. The number of nitrogens with zero attached hydrogens (tertiary/aromatic N) is 2. The maximum absolute atomic E-state index is 13.6. The van der Waals surface area contributed by atoms with Gasteiger partial charge >= 0.3 is 0 Å². The molecular weight excluding hydrogens is 494 g/mol. The molecule has 1 aliphatic heterocycles. The summed E-state index contributed by atoms with van der Waals surface area (Å²) in [5.41, 5.74) is 5.98. The fourth-order valence-electron chi connectivity index (χ4n) is 5.78. The smallest absolute Gasteiger partial charge is 0.224 e. The van der Waals surface area contributed by atoms with E-state index in [4.69, 9.17) is 9.72 Å². The second kappa shape index (κ2) is 13.2. The highest BCUT2D eigenvalue weighted by atomic mass is 16.5. The minimum Gasteiger partial charge on any atom is -0.373 e. The number of carbonyl (C=O) groups excluding carboxylic acids is 1. The van der Waals surface area contributed by atoms with Gasteiger partial charge in [0.1, 0.15) is 0 Å². The number of carbonyl (C=O) groups is 1. The molecule has 0 saturated carbocycles. The summed E-state index contributed by atoms with van der Waals surface area (Å²) < 4.78 is 6.60. The standard InChI is InChI=1S/C35H41N3O2/c1-4-32(26-13-7-5-8-14-26)36-34(39)23-30-29-17-11-12-18-33(29)37-35(27-15-9-6-10-16-27)31(30)24-40-28-19-21-38(22-20-28)25(2)3/h5-18,25,28,32H,4,19-24H2,1-3H3,(H,36,39)/t32-/m0/s1. The van der Waals surface area contributed by atoms with Gasteiger partial charge in [-0.2, -0.15) is 0 Å². The van der Waals surface area contributed by atoms with Gasteiger partial charge in [0.25, 0.3) is 0 Å². The number of pyridine rings is 1. The molecule has 1 N–H and O–H groups in total. The summed E-state index contributed by atoms with van der Waals surface area (Å²) >= 11 is 0. The minimum absolute atomic E-state index is 0.0116. The molecule has 1 aromatic heterocycles. The van der Waals surface area contributed by atoms with Crippen molar-refractivity contribution in [3.63, 3.8) is 0 Å². The van der Waals surface area contributed by atoms with Crippen LogP contribution < -0.4 is 5.32 Å². The molecule has 0 spiro atoms. The average Bonchev–Trinajstić information content (AvgIpc) is 3.00. The predicted molar refractivity (Wildman–Crippen MR) is 163 cm³/mol. The second-order valence-corrected chi connectivity index (χ2v) is 11.1. The molecule has 5 nitrogen and oxygen atoms in total. The van der Waals surface area contributed by atoms with Gasteiger partial charge < -0.3 is 15.0 Å². The Morgan fingerprint density at radius 1 is 0.925 bits per heavy atom. The first-order valence-electron chi connectivity index (χ1n) is 14.7. The van der Waals surface area contributed by atoms with Crippen molar-refractivity contribution in [1.29, 1.82) is 0 Å². The first-order valence-corrected chi connectivity index (χ1v) is 14.7. The molecule has 3 aromatic carbocycles. The van der Waals surface area contributed by atoms with Crippen molar-refractivity contribution in [3.05, 3.63) is 102 Å². The Balaban J connectivity index is 1.48. The Morgan fingerprint density at radius 2 is 1.57 bits per heavy atom. The Hall–Kier alpha value is -3.54. The van der Waals surface area contributed by atoms with Crippen molar-refractivity contribution in [2.75, 3.05) is 13.1 Å². The van der Waals surface area contributed by atoms with Gasteiger partial charge in [0.05, 0.1) is 36.4 Å². The van der Waals surface area contributed by atoms with Crippen molar-refractivity contribution in [3.8, 4) is 11.3 Å². The van der Waals surface area contributed by atoms with Gasteiger partial charge in [-0.3, -0.25) is 4.79 Å². The maximum atomic E-state index is 13.6. The van der Waals surface area contributed by atoms with E-state index in [0.717, 1.165) is 71.2 Å². The second-order valence-electron chi connectivity index (χ2n) is 11.1. The van der Waals surface area contributed by atoms with E-state index in [1.165, 1.54) is 0 Å². The molecule has 4 aromatic rings. The summed E-state index contributed by atoms with van der Waals surface area (Å²) in [5.74, 6) is 0.0116. The number of aromatic nitrogens is 1. The van der Waals surface area contributed by atoms with E-state index in [1.807, 2.05) is 54.6 Å². The van der Waals surface area contributed by atoms with Crippen molar-refractivity contribution in [1.82, 2.24) is 15.2 Å². The number of benzene rings is 3. The van der Waals surface area contributed by atoms with E-state index in [9.17, 15) is 4.79 Å². The summed E-state index contributed by atoms with van der Waals surface area (Å²) in [4.78, 5) is 21.3. The molecule has 1 amide bonds. The van der Waals surface area contributed by atoms with Gasteiger partial charge in [-0.1, -0.05) is 85.8 Å². The number of nitrogens with one attached hydrogen (secondary N) is 1. The summed E-state index contributed by atoms with van der Waals surface area (Å²) in [6.07, 6.45) is 3.34. The van der Waals surface area contributed by atoms with Crippen molar-refractivity contribution >= 4 is 16.8 Å². The number of piperidine rings is 1. The lowest BCUT2D eigenvalue weighted by Crippen LogP contribution is -2.40. The van der Waals surface area contributed by atoms with Crippen LogP contribution in [0.4, 0.5) is 0 Å². The average molecular weight is 536 g/mol. The van der Waals surface area contributed by atoms with Gasteiger partial charge in [0.2, 0.25) is 5.91 Å². The molecular formula is C35H41N3O2. The number of hydrogen-bond donors (Lipinski definition) is 1. The molecule has 5 heteroatoms. The molecule has 40 heavy (non-hydrogen) atoms. The number of rotatable bonds is 10. The molecule has 1 fully saturated rings. The van der Waals surface area contributed by atoms with Crippen LogP contribution in [0.1, 0.15) is 62.8 Å². The highest BCUT2D eigenvalue weighted by Gasteiger charge is 2.24. The summed E-state index contributed by atoms with van der Waals surface area (Å²) in [6, 6.07) is 29.2. The Bertz CT molecular complexity index is 1400. The number of ether oxygens (including phenoxy) is 1. The van der Waals surface area contributed by atoms with Crippen LogP contribution in [-0.2, 0) is 22.6 Å². The fourth-order valence-corrected chi connectivity index (χ4v) is 5.78. The van der Waals surface area contributed by atoms with Crippen molar-refractivity contribution in [2.45, 2.75) is 71.2 Å². The maximum Gasteiger partial charge on any atom is 0.224 e. The van der Waals surface area contributed by atoms with Crippen LogP contribution in [0.15, 0.2) is 84.9 Å². The molecule has 1 aliphatic rings. The topological polar surface area (TPSA) is 54.5 Å². The molecule has 0 radical (unpaired) electrons. The molecule has 1 saturated heterocycles. The Labute approximate surface area is 238 Å². The SMILES string of the molecule is CC[C@H](NC(=O)Cc1c(COC2CCN(C(C)C)CC2)c(-c2ccccc2)nc2ccccc12)c1ccccc1. The van der Waals surface area contributed by atoms with Crippen molar-refractivity contribution in [2.24, 2.45) is 0 Å². The molecule has 0 aliphatic carbocycles. The number of fused-ring (bicyclic) bond motifs is 1. The number of hydrogen-bond acceptors (Lipinski definition) is 4. The minimum atomic E-state index is -0.0266. The molecule has 5 rings (SSSR count). The zero-order valence-electron chi connectivity index (χ0n) is 24.0. The van der Waals surface area contributed by atoms with Crippen LogP contribution in [0.5, 0.6) is 0 Å². The van der Waals surface area contributed by atoms with E-state index < -0.39 is 0 Å². The third kappa shape index (κ3) is 6.60. The van der Waals surface area contributed by atoms with E-state index in [-0.39, 0.29) is 24.5 Å². The summed E-state index contributed by atoms with van der Waals surface area (Å²) in [6.45, 7) is 9.16. The van der Waals surface area contributed by atoms with Crippen molar-refractivity contribution < 1.29 is 9.53 Å². The summed E-state index contributed by atoms with van der Waals surface area (Å²) in [7, 11) is 0. The lowest BCUT2D eigenvalue weighted by atomic mass is 9.94. The zero-order valence-corrected chi connectivity index (χ0v) is 24.0. The van der Waals surface area contributed by atoms with Crippen LogP contribution >= 0.6 is 0 Å². The highest BCUT2D eigenvalue weighted by Crippen LogP contribution is 2.32. The molecule has 1 atom stereocenters. The first-order chi connectivity index (χ1) is 19.5. The van der Waals surface area contributed by atoms with Crippen LogP contribution in [-0.4, -0.2) is 41.0 Å². The van der Waals surface area contributed by atoms with Crippen LogP contribution in [0, 0.1) is 0 Å². The van der Waals surface area contributed by atoms with Crippen LogP contribution in [0.25, 0.3) is 22.2 Å². The first kappa shape index (κ1) is 28.0. The lowest BCUT2D eigenvalue weighted by molar-refractivity contribution is -0.121. The molecule has 0 bridgehead atoms.